The maximum absolute atomic E-state index is 12.6. The van der Waals surface area contributed by atoms with Crippen LogP contribution in [0.2, 0.25) is 0 Å². The number of rotatable bonds is 5. The van der Waals surface area contributed by atoms with Gasteiger partial charge in [-0.15, -0.1) is 0 Å². The standard InChI is InChI=1S/C17H22N2O2/c1-2-19(13-7-9-18-10-8-13)11-16(20)15-12-21-17-6-4-3-5-14(15)17/h3-6,12-13,18H,2,7-11H2,1H3. The number of furan rings is 1. The molecule has 0 bridgehead atoms. The summed E-state index contributed by atoms with van der Waals surface area (Å²) in [5, 5.41) is 4.29. The van der Waals surface area contributed by atoms with Crippen molar-refractivity contribution in [3.63, 3.8) is 0 Å². The molecular formula is C17H22N2O2. The molecule has 1 saturated heterocycles. The van der Waals surface area contributed by atoms with Gasteiger partial charge in [0.2, 0.25) is 0 Å². The molecule has 2 aromatic rings. The van der Waals surface area contributed by atoms with Crippen molar-refractivity contribution in [2.24, 2.45) is 0 Å². The van der Waals surface area contributed by atoms with Crippen LogP contribution in [0.25, 0.3) is 11.0 Å². The lowest BCUT2D eigenvalue weighted by Gasteiger charge is -2.33. The van der Waals surface area contributed by atoms with Gasteiger partial charge in [0.05, 0.1) is 12.1 Å². The summed E-state index contributed by atoms with van der Waals surface area (Å²) in [4.78, 5) is 14.9. The van der Waals surface area contributed by atoms with Gasteiger partial charge in [0.1, 0.15) is 11.8 Å². The maximum Gasteiger partial charge on any atom is 0.180 e. The Morgan fingerprint density at radius 2 is 2.10 bits per heavy atom. The first-order valence-corrected chi connectivity index (χ1v) is 7.73. The van der Waals surface area contributed by atoms with Crippen LogP contribution in [-0.2, 0) is 0 Å². The highest BCUT2D eigenvalue weighted by molar-refractivity contribution is 6.08. The number of nitrogens with one attached hydrogen (secondary N) is 1. The number of nitrogens with zero attached hydrogens (tertiary/aromatic N) is 1. The van der Waals surface area contributed by atoms with E-state index in [2.05, 4.69) is 17.1 Å². The molecule has 21 heavy (non-hydrogen) atoms. The van der Waals surface area contributed by atoms with Gasteiger partial charge in [-0.1, -0.05) is 25.1 Å². The topological polar surface area (TPSA) is 45.5 Å². The molecule has 0 aliphatic carbocycles. The zero-order valence-corrected chi connectivity index (χ0v) is 12.5. The highest BCUT2D eigenvalue weighted by Gasteiger charge is 2.23. The number of benzene rings is 1. The molecule has 1 fully saturated rings. The van der Waals surface area contributed by atoms with Gasteiger partial charge in [0, 0.05) is 11.4 Å². The van der Waals surface area contributed by atoms with Gasteiger partial charge in [-0.2, -0.15) is 0 Å². The van der Waals surface area contributed by atoms with E-state index in [-0.39, 0.29) is 5.78 Å². The summed E-state index contributed by atoms with van der Waals surface area (Å²) in [5.41, 5.74) is 1.49. The molecular weight excluding hydrogens is 264 g/mol. The fraction of sp³-hybridized carbons (Fsp3) is 0.471. The van der Waals surface area contributed by atoms with Crippen LogP contribution in [0.3, 0.4) is 0 Å². The van der Waals surface area contributed by atoms with E-state index < -0.39 is 0 Å². The molecule has 4 nitrogen and oxygen atoms in total. The normalized spacial score (nSPS) is 16.7. The molecule has 0 atom stereocenters. The SMILES string of the molecule is CCN(CC(=O)c1coc2ccccc12)C1CCNCC1. The minimum Gasteiger partial charge on any atom is -0.464 e. The number of ketones is 1. The average Bonchev–Trinajstić information content (AvgIpc) is 2.97. The lowest BCUT2D eigenvalue weighted by Crippen LogP contribution is -2.45. The van der Waals surface area contributed by atoms with Crippen molar-refractivity contribution in [3.05, 3.63) is 36.1 Å². The lowest BCUT2D eigenvalue weighted by molar-refractivity contribution is 0.0875. The predicted octanol–water partition coefficient (Wildman–Crippen LogP) is 2.69. The Balaban J connectivity index is 1.75. The average molecular weight is 286 g/mol. The van der Waals surface area contributed by atoms with Gasteiger partial charge in [-0.25, -0.2) is 0 Å². The molecule has 1 N–H and O–H groups in total. The Kier molecular flexibility index (Phi) is 4.36. The number of carbonyl (C=O) groups excluding carboxylic acids is 1. The number of carbonyl (C=O) groups is 1. The van der Waals surface area contributed by atoms with E-state index in [1.54, 1.807) is 6.26 Å². The van der Waals surface area contributed by atoms with Crippen LogP contribution in [0.4, 0.5) is 0 Å². The first-order valence-electron chi connectivity index (χ1n) is 7.73. The highest BCUT2D eigenvalue weighted by atomic mass is 16.3. The Morgan fingerprint density at radius 1 is 1.33 bits per heavy atom. The summed E-state index contributed by atoms with van der Waals surface area (Å²) >= 11 is 0. The zero-order chi connectivity index (χ0) is 14.7. The number of hydrogen-bond donors (Lipinski definition) is 1. The van der Waals surface area contributed by atoms with Gasteiger partial charge < -0.3 is 9.73 Å². The van der Waals surface area contributed by atoms with Gasteiger partial charge in [0.25, 0.3) is 0 Å². The molecule has 0 amide bonds. The summed E-state index contributed by atoms with van der Waals surface area (Å²) in [5.74, 6) is 0.153. The van der Waals surface area contributed by atoms with E-state index in [9.17, 15) is 4.79 Å². The molecule has 0 saturated carbocycles. The molecule has 0 unspecified atom stereocenters. The van der Waals surface area contributed by atoms with Crippen LogP contribution in [-0.4, -0.2) is 42.9 Å². The van der Waals surface area contributed by atoms with Crippen molar-refractivity contribution >= 4 is 16.8 Å². The van der Waals surface area contributed by atoms with Crippen LogP contribution in [0.5, 0.6) is 0 Å². The molecule has 1 aromatic heterocycles. The molecule has 0 spiro atoms. The molecule has 1 aromatic carbocycles. The first-order chi connectivity index (χ1) is 10.3. The third-order valence-electron chi connectivity index (χ3n) is 4.36. The Hall–Kier alpha value is -1.65. The zero-order valence-electron chi connectivity index (χ0n) is 12.5. The number of para-hydroxylation sites is 1. The van der Waals surface area contributed by atoms with E-state index in [1.165, 1.54) is 0 Å². The largest absolute Gasteiger partial charge is 0.464 e. The smallest absolute Gasteiger partial charge is 0.180 e. The maximum atomic E-state index is 12.6. The lowest BCUT2D eigenvalue weighted by atomic mass is 10.0. The van der Waals surface area contributed by atoms with Crippen molar-refractivity contribution in [2.45, 2.75) is 25.8 Å². The summed E-state index contributed by atoms with van der Waals surface area (Å²) in [7, 11) is 0. The predicted molar refractivity (Wildman–Crippen MR) is 83.7 cm³/mol. The molecule has 2 heterocycles. The number of piperidine rings is 1. The quantitative estimate of drug-likeness (QED) is 0.858. The second kappa shape index (κ2) is 6.41. The minimum absolute atomic E-state index is 0.153. The second-order valence-corrected chi connectivity index (χ2v) is 5.61. The van der Waals surface area contributed by atoms with Crippen LogP contribution in [0, 0.1) is 0 Å². The van der Waals surface area contributed by atoms with Crippen LogP contribution >= 0.6 is 0 Å². The monoisotopic (exact) mass is 286 g/mol. The third kappa shape index (κ3) is 3.01. The molecule has 4 heteroatoms. The summed E-state index contributed by atoms with van der Waals surface area (Å²) < 4.78 is 5.48. The van der Waals surface area contributed by atoms with Crippen molar-refractivity contribution < 1.29 is 9.21 Å². The number of fused-ring (bicyclic) bond motifs is 1. The van der Waals surface area contributed by atoms with E-state index in [0.717, 1.165) is 43.4 Å². The van der Waals surface area contributed by atoms with Crippen molar-refractivity contribution in [1.82, 2.24) is 10.2 Å². The van der Waals surface area contributed by atoms with Crippen LogP contribution in [0.15, 0.2) is 34.9 Å². The van der Waals surface area contributed by atoms with E-state index in [1.807, 2.05) is 24.3 Å². The van der Waals surface area contributed by atoms with Crippen molar-refractivity contribution in [2.75, 3.05) is 26.2 Å². The number of hydrogen-bond acceptors (Lipinski definition) is 4. The Bertz CT molecular complexity index is 614. The molecule has 1 aliphatic rings. The van der Waals surface area contributed by atoms with E-state index >= 15 is 0 Å². The van der Waals surface area contributed by atoms with Crippen LogP contribution < -0.4 is 5.32 Å². The minimum atomic E-state index is 0.153. The van der Waals surface area contributed by atoms with Crippen molar-refractivity contribution in [3.8, 4) is 0 Å². The van der Waals surface area contributed by atoms with Gasteiger partial charge in [-0.3, -0.25) is 9.69 Å². The van der Waals surface area contributed by atoms with Crippen molar-refractivity contribution in [1.29, 1.82) is 0 Å². The second-order valence-electron chi connectivity index (χ2n) is 5.61. The van der Waals surface area contributed by atoms with Gasteiger partial charge in [-0.05, 0) is 38.5 Å². The molecule has 1 aliphatic heterocycles. The highest BCUT2D eigenvalue weighted by Crippen LogP contribution is 2.22. The number of likely N-dealkylation sites (N-methyl/N-ethyl adjacent to an activating group) is 1. The molecule has 0 radical (unpaired) electrons. The summed E-state index contributed by atoms with van der Waals surface area (Å²) in [6.45, 7) is 5.60. The van der Waals surface area contributed by atoms with Crippen LogP contribution in [0.1, 0.15) is 30.1 Å². The fourth-order valence-corrected chi connectivity index (χ4v) is 3.13. The summed E-state index contributed by atoms with van der Waals surface area (Å²) in [6.07, 6.45) is 3.84. The fourth-order valence-electron chi connectivity index (χ4n) is 3.13. The first kappa shape index (κ1) is 14.3. The Morgan fingerprint density at radius 3 is 2.86 bits per heavy atom. The Labute approximate surface area is 125 Å². The molecule has 112 valence electrons. The molecule has 3 rings (SSSR count). The van der Waals surface area contributed by atoms with Gasteiger partial charge in [0.15, 0.2) is 5.78 Å². The van der Waals surface area contributed by atoms with E-state index in [4.69, 9.17) is 4.42 Å². The van der Waals surface area contributed by atoms with Gasteiger partial charge >= 0.3 is 0 Å². The third-order valence-corrected chi connectivity index (χ3v) is 4.36. The number of Topliss-reactive ketones (excluding diaryl/α,β-unsaturated/α-hetero) is 1. The van der Waals surface area contributed by atoms with E-state index in [0.29, 0.717) is 18.2 Å². The summed E-state index contributed by atoms with van der Waals surface area (Å²) in [6, 6.07) is 8.23.